The van der Waals surface area contributed by atoms with Crippen molar-refractivity contribution in [2.24, 2.45) is 0 Å². The van der Waals surface area contributed by atoms with Gasteiger partial charge in [-0.05, 0) is 57.6 Å². The van der Waals surface area contributed by atoms with Crippen LogP contribution in [0.2, 0.25) is 0 Å². The molecule has 0 aliphatic carbocycles. The zero-order valence-corrected chi connectivity index (χ0v) is 46.0. The van der Waals surface area contributed by atoms with Crippen LogP contribution >= 0.6 is 0 Å². The minimum atomic E-state index is -4.78. The van der Waals surface area contributed by atoms with E-state index in [1.165, 1.54) is 59.5 Å². The van der Waals surface area contributed by atoms with Gasteiger partial charge in [0.2, 0.25) is 11.9 Å². The monoisotopic (exact) mass is 1230 g/mol. The second-order valence-corrected chi connectivity index (χ2v) is 21.2. The topological polar surface area (TPSA) is 481 Å². The highest BCUT2D eigenvalue weighted by molar-refractivity contribution is 7.86. The van der Waals surface area contributed by atoms with E-state index in [-0.39, 0.29) is 129 Å². The van der Waals surface area contributed by atoms with Gasteiger partial charge in [-0.1, -0.05) is 78.9 Å². The van der Waals surface area contributed by atoms with Crippen LogP contribution in [0.15, 0.2) is 106 Å². The molecule has 0 saturated heterocycles. The van der Waals surface area contributed by atoms with Crippen LogP contribution in [0.4, 0.5) is 11.9 Å². The highest BCUT2D eigenvalue weighted by Crippen LogP contribution is 2.25. The lowest BCUT2D eigenvalue weighted by molar-refractivity contribution is 0.279. The molecule has 0 unspecified atom stereocenters. The predicted octanol–water partition coefficient (Wildman–Crippen LogP) is -1.10. The molecule has 0 fully saturated rings. The molecule has 7 N–H and O–H groups in total. The summed E-state index contributed by atoms with van der Waals surface area (Å²) in [4.78, 5) is 29.1. The summed E-state index contributed by atoms with van der Waals surface area (Å²) in [6, 6.07) is 22.9. The molecule has 80 heavy (non-hydrogen) atoms. The third-order valence-electron chi connectivity index (χ3n) is 10.2. The highest BCUT2D eigenvalue weighted by Gasteiger charge is 2.21. The van der Waals surface area contributed by atoms with Crippen molar-refractivity contribution >= 4 is 86.2 Å². The highest BCUT2D eigenvalue weighted by atomic mass is 32.2. The number of hydrogen-bond acceptors (Lipinski definition) is 27. The quantitative estimate of drug-likeness (QED) is 0.0296. The Balaban J connectivity index is 0.00000127. The summed E-state index contributed by atoms with van der Waals surface area (Å²) in [5, 5.41) is 38.7. The van der Waals surface area contributed by atoms with Gasteiger partial charge in [0.1, 0.15) is 28.2 Å². The van der Waals surface area contributed by atoms with Crippen molar-refractivity contribution in [3.63, 3.8) is 0 Å². The van der Waals surface area contributed by atoms with Crippen LogP contribution in [0.1, 0.15) is 56.7 Å². The second kappa shape index (κ2) is 32.1. The Kier molecular flexibility index (Phi) is 26.8. The largest absolute Gasteiger partial charge is 0.425 e. The SMILES string of the molecule is O=S(=O)(O)c1cccc(Cc2nc(Cc3ccc(/C=C/c4ccc(Cc5nc(Cc6ccccc6S(=O)(=O)O)nc(N(CCO)CCO)n5)cc4S(=O)(=O)O)cc3)nc(N(CCO)CCO)n2)c1.O=S(=O)=O.O=S(=O)=O.O=S(=O)=O. The summed E-state index contributed by atoms with van der Waals surface area (Å²) in [6.07, 6.45) is 3.17. The van der Waals surface area contributed by atoms with Crippen LogP contribution in [0, 0.1) is 0 Å². The van der Waals surface area contributed by atoms with Crippen molar-refractivity contribution in [2.45, 2.75) is 40.4 Å². The number of hydrogen-bond donors (Lipinski definition) is 7. The standard InChI is InChI=1S/C44H48N8O13S3.3O3S/c53-20-16-51(17-21-54)43-47-39(45-40(48-43)27-32-4-3-6-36(24-32)66(57,58)59)26-31-10-8-30(9-11-31)12-14-34-15-13-33(25-38(34)68(63,64)65)28-41-46-42(50-44(49-41)52(18-22-55)19-23-56)29-35-5-1-2-7-37(35)67(60,61)62;3*1-4(2)3/h1-15,24-25,53-56H,16-23,26-29H2,(H,57,58,59)(H,60,61,62)(H,63,64,65);;;/b14-12+;;;. The Morgan fingerprint density at radius 1 is 0.412 bits per heavy atom. The minimum Gasteiger partial charge on any atom is -0.395 e. The zero-order valence-electron chi connectivity index (χ0n) is 41.1. The predicted molar refractivity (Wildman–Crippen MR) is 277 cm³/mol. The second-order valence-electron chi connectivity index (χ2n) is 15.8. The smallest absolute Gasteiger partial charge is 0.395 e. The number of aliphatic hydroxyl groups is 4. The number of rotatable bonds is 23. The number of aromatic nitrogens is 6. The summed E-state index contributed by atoms with van der Waals surface area (Å²) in [7, 11) is -23.2. The van der Waals surface area contributed by atoms with Gasteiger partial charge in [-0.25, -0.2) is 9.97 Å². The number of aliphatic hydroxyl groups excluding tert-OH is 4. The van der Waals surface area contributed by atoms with Crippen molar-refractivity contribution in [1.82, 2.24) is 29.9 Å². The number of benzene rings is 4. The molecular weight excluding hydrogens is 1180 g/mol. The third-order valence-corrected chi connectivity index (χ3v) is 12.9. The van der Waals surface area contributed by atoms with E-state index in [2.05, 4.69) is 29.9 Å². The van der Waals surface area contributed by atoms with Crippen LogP contribution in [0.5, 0.6) is 0 Å². The Bertz CT molecular complexity index is 3730. The molecule has 0 radical (unpaired) electrons. The van der Waals surface area contributed by atoms with Gasteiger partial charge < -0.3 is 30.2 Å². The van der Waals surface area contributed by atoms with Crippen molar-refractivity contribution in [1.29, 1.82) is 0 Å². The molecule has 30 nitrogen and oxygen atoms in total. The molecule has 0 spiro atoms. The van der Waals surface area contributed by atoms with Gasteiger partial charge in [0.15, 0.2) is 0 Å². The van der Waals surface area contributed by atoms with Crippen molar-refractivity contribution in [3.05, 3.63) is 148 Å². The number of anilines is 2. The van der Waals surface area contributed by atoms with Crippen LogP contribution in [0.25, 0.3) is 12.2 Å². The van der Waals surface area contributed by atoms with Gasteiger partial charge in [0.25, 0.3) is 30.4 Å². The Labute approximate surface area is 461 Å². The molecule has 0 aliphatic heterocycles. The summed E-state index contributed by atoms with van der Waals surface area (Å²) < 4.78 is 179. The van der Waals surface area contributed by atoms with E-state index in [1.54, 1.807) is 53.4 Å². The Morgan fingerprint density at radius 3 is 1.24 bits per heavy atom. The maximum Gasteiger partial charge on any atom is 0.425 e. The minimum absolute atomic E-state index is 0.0290. The number of nitrogens with zero attached hydrogens (tertiary/aromatic N) is 8. The first-order valence-electron chi connectivity index (χ1n) is 22.3. The molecule has 432 valence electrons. The Hall–Kier alpha value is -7.33. The maximum absolute atomic E-state index is 12.7. The van der Waals surface area contributed by atoms with Gasteiger partial charge in [0.05, 0.1) is 36.2 Å². The normalized spacial score (nSPS) is 11.2. The van der Waals surface area contributed by atoms with Crippen molar-refractivity contribution in [3.8, 4) is 0 Å². The van der Waals surface area contributed by atoms with E-state index < -0.39 is 67.1 Å². The van der Waals surface area contributed by atoms with E-state index >= 15 is 0 Å². The third kappa shape index (κ3) is 24.0. The van der Waals surface area contributed by atoms with Gasteiger partial charge >= 0.3 is 31.8 Å². The van der Waals surface area contributed by atoms with E-state index in [1.807, 2.05) is 0 Å². The molecule has 0 amide bonds. The lowest BCUT2D eigenvalue weighted by Gasteiger charge is -2.21. The first-order chi connectivity index (χ1) is 37.6. The fourth-order valence-corrected chi connectivity index (χ4v) is 9.04. The fourth-order valence-electron chi connectivity index (χ4n) is 7.03. The first kappa shape index (κ1) is 66.9. The fraction of sp³-hybridized carbons (Fsp3) is 0.273. The molecule has 6 rings (SSSR count). The van der Waals surface area contributed by atoms with E-state index in [9.17, 15) is 59.3 Å². The van der Waals surface area contributed by atoms with Gasteiger partial charge in [0, 0.05) is 51.9 Å². The Morgan fingerprint density at radius 2 is 0.812 bits per heavy atom. The molecule has 2 heterocycles. The molecule has 36 heteroatoms. The summed E-state index contributed by atoms with van der Waals surface area (Å²) in [5.41, 5.74) is 2.61. The van der Waals surface area contributed by atoms with Crippen molar-refractivity contribution < 1.29 is 97.2 Å². The molecule has 6 aromatic rings. The van der Waals surface area contributed by atoms with Gasteiger partial charge in [-0.15, -0.1) is 37.9 Å². The first-order valence-corrected chi connectivity index (χ1v) is 29.6. The van der Waals surface area contributed by atoms with E-state index in [0.717, 1.165) is 5.56 Å². The average Bonchev–Trinajstić information content (AvgIpc) is 3.35. The van der Waals surface area contributed by atoms with E-state index in [4.69, 9.17) is 37.9 Å². The molecular formula is C44H48N8O22S6. The zero-order chi connectivity index (χ0) is 59.8. The molecule has 0 aliphatic rings. The molecule has 2 aromatic heterocycles. The van der Waals surface area contributed by atoms with E-state index in [0.29, 0.717) is 22.5 Å². The molecule has 0 atom stereocenters. The van der Waals surface area contributed by atoms with Crippen LogP contribution in [-0.4, -0.2) is 180 Å². The molecule has 0 saturated carbocycles. The van der Waals surface area contributed by atoms with Crippen LogP contribution in [0.3, 0.4) is 0 Å². The van der Waals surface area contributed by atoms with Gasteiger partial charge in [-0.2, -0.15) is 45.2 Å². The summed E-state index contributed by atoms with van der Waals surface area (Å²) >= 11 is 0. The lowest BCUT2D eigenvalue weighted by atomic mass is 10.1. The van der Waals surface area contributed by atoms with Gasteiger partial charge in [-0.3, -0.25) is 13.7 Å². The lowest BCUT2D eigenvalue weighted by Crippen LogP contribution is -2.32. The maximum atomic E-state index is 12.7. The average molecular weight is 1230 g/mol. The van der Waals surface area contributed by atoms with Crippen molar-refractivity contribution in [2.75, 3.05) is 62.4 Å². The summed E-state index contributed by atoms with van der Waals surface area (Å²) in [6.45, 7) is -0.848. The molecule has 0 bridgehead atoms. The van der Waals surface area contributed by atoms with Crippen LogP contribution in [-0.2, 0) is 87.9 Å². The summed E-state index contributed by atoms with van der Waals surface area (Å²) in [5.74, 6) is 1.02. The van der Waals surface area contributed by atoms with Crippen LogP contribution < -0.4 is 9.80 Å². The molecule has 4 aromatic carbocycles.